The lowest BCUT2D eigenvalue weighted by atomic mass is 10.0. The minimum atomic E-state index is -5.28. The monoisotopic (exact) mass is 322 g/mol. The minimum Gasteiger partial charge on any atom is -0.371 e. The molecule has 1 fully saturated rings. The number of nitrogens with zero attached hydrogens (tertiary/aromatic N) is 1. The second-order valence-electron chi connectivity index (χ2n) is 5.30. The van der Waals surface area contributed by atoms with Crippen molar-refractivity contribution in [3.05, 3.63) is 24.3 Å². The summed E-state index contributed by atoms with van der Waals surface area (Å²) in [5, 5.41) is 0. The van der Waals surface area contributed by atoms with Crippen molar-refractivity contribution in [1.82, 2.24) is 0 Å². The van der Waals surface area contributed by atoms with Gasteiger partial charge >= 0.3 is 5.51 Å². The van der Waals surface area contributed by atoms with E-state index in [4.69, 9.17) is 5.73 Å². The van der Waals surface area contributed by atoms with Crippen molar-refractivity contribution in [2.45, 2.75) is 29.8 Å². The number of hydrogen-bond donors (Lipinski definition) is 1. The topological polar surface area (TPSA) is 63.4 Å². The first-order valence-corrected chi connectivity index (χ1v) is 8.03. The molecule has 0 amide bonds. The van der Waals surface area contributed by atoms with E-state index in [0.29, 0.717) is 11.6 Å². The molecule has 0 aliphatic carbocycles. The van der Waals surface area contributed by atoms with E-state index in [1.807, 2.05) is 11.8 Å². The quantitative estimate of drug-likeness (QED) is 0.926. The van der Waals surface area contributed by atoms with Crippen molar-refractivity contribution in [2.24, 2.45) is 11.7 Å². The Morgan fingerprint density at radius 1 is 1.29 bits per heavy atom. The van der Waals surface area contributed by atoms with Gasteiger partial charge in [-0.25, -0.2) is 8.42 Å². The van der Waals surface area contributed by atoms with Gasteiger partial charge in [-0.05, 0) is 43.5 Å². The summed E-state index contributed by atoms with van der Waals surface area (Å²) < 4.78 is 59.9. The molecule has 2 unspecified atom stereocenters. The second kappa shape index (κ2) is 5.49. The average Bonchev–Trinajstić information content (AvgIpc) is 2.87. The van der Waals surface area contributed by atoms with Gasteiger partial charge in [0.05, 0.1) is 4.90 Å². The zero-order valence-electron chi connectivity index (χ0n) is 11.5. The van der Waals surface area contributed by atoms with Crippen molar-refractivity contribution in [3.8, 4) is 0 Å². The van der Waals surface area contributed by atoms with E-state index in [9.17, 15) is 21.6 Å². The standard InChI is InChI=1S/C13H17F3N2O2S/c1-9(17)10-6-7-18(8-10)11-2-4-12(5-3-11)21(19,20)13(14,15)16/h2-5,9-10H,6-8,17H2,1H3. The molecular formula is C13H17F3N2O2S. The van der Waals surface area contributed by atoms with Crippen LogP contribution in [0.4, 0.5) is 18.9 Å². The molecule has 0 saturated carbocycles. The Balaban J connectivity index is 2.18. The summed E-state index contributed by atoms with van der Waals surface area (Å²) in [5.74, 6) is 0.337. The van der Waals surface area contributed by atoms with Crippen LogP contribution in [0.2, 0.25) is 0 Å². The van der Waals surface area contributed by atoms with Gasteiger partial charge in [-0.3, -0.25) is 0 Å². The van der Waals surface area contributed by atoms with Crippen LogP contribution in [0.5, 0.6) is 0 Å². The van der Waals surface area contributed by atoms with Gasteiger partial charge in [0.25, 0.3) is 9.84 Å². The van der Waals surface area contributed by atoms with Crippen molar-refractivity contribution >= 4 is 15.5 Å². The maximum absolute atomic E-state index is 12.4. The summed E-state index contributed by atoms with van der Waals surface area (Å²) in [7, 11) is -5.28. The highest BCUT2D eigenvalue weighted by atomic mass is 32.2. The zero-order chi connectivity index (χ0) is 15.8. The van der Waals surface area contributed by atoms with E-state index in [-0.39, 0.29) is 6.04 Å². The van der Waals surface area contributed by atoms with E-state index >= 15 is 0 Å². The third-order valence-electron chi connectivity index (χ3n) is 3.79. The molecular weight excluding hydrogens is 305 g/mol. The first-order valence-electron chi connectivity index (χ1n) is 6.55. The first-order chi connectivity index (χ1) is 9.63. The number of sulfone groups is 1. The van der Waals surface area contributed by atoms with Gasteiger partial charge < -0.3 is 10.6 Å². The number of nitrogens with two attached hydrogens (primary N) is 1. The summed E-state index contributed by atoms with van der Waals surface area (Å²) in [6.07, 6.45) is 0.917. The molecule has 1 heterocycles. The van der Waals surface area contributed by atoms with E-state index in [2.05, 4.69) is 0 Å². The van der Waals surface area contributed by atoms with E-state index in [1.165, 1.54) is 12.1 Å². The molecule has 118 valence electrons. The van der Waals surface area contributed by atoms with Gasteiger partial charge in [0.15, 0.2) is 0 Å². The molecule has 8 heteroatoms. The molecule has 0 radical (unpaired) electrons. The fourth-order valence-corrected chi connectivity index (χ4v) is 3.18. The highest BCUT2D eigenvalue weighted by molar-refractivity contribution is 7.92. The Morgan fingerprint density at radius 2 is 1.86 bits per heavy atom. The molecule has 1 aliphatic rings. The van der Waals surface area contributed by atoms with Crippen molar-refractivity contribution in [3.63, 3.8) is 0 Å². The lowest BCUT2D eigenvalue weighted by molar-refractivity contribution is -0.0436. The normalized spacial score (nSPS) is 21.6. The summed E-state index contributed by atoms with van der Waals surface area (Å²) in [6.45, 7) is 3.41. The first kappa shape index (κ1) is 16.1. The van der Waals surface area contributed by atoms with E-state index in [1.54, 1.807) is 0 Å². The molecule has 1 aromatic rings. The Labute approximate surface area is 121 Å². The SMILES string of the molecule is CC(N)C1CCN(c2ccc(S(=O)(=O)C(F)(F)F)cc2)C1. The smallest absolute Gasteiger partial charge is 0.371 e. The van der Waals surface area contributed by atoms with Crippen LogP contribution in [0.3, 0.4) is 0 Å². The van der Waals surface area contributed by atoms with Gasteiger partial charge in [-0.2, -0.15) is 13.2 Å². The third-order valence-corrected chi connectivity index (χ3v) is 5.29. The lowest BCUT2D eigenvalue weighted by Crippen LogP contribution is -2.29. The van der Waals surface area contributed by atoms with Gasteiger partial charge in [0, 0.05) is 24.8 Å². The number of hydrogen-bond acceptors (Lipinski definition) is 4. The Kier molecular flexibility index (Phi) is 4.21. The predicted molar refractivity (Wildman–Crippen MR) is 73.7 cm³/mol. The molecule has 0 aromatic heterocycles. The highest BCUT2D eigenvalue weighted by Gasteiger charge is 2.46. The van der Waals surface area contributed by atoms with Gasteiger partial charge in [0.2, 0.25) is 0 Å². The number of alkyl halides is 3. The zero-order valence-corrected chi connectivity index (χ0v) is 12.3. The molecule has 1 aromatic carbocycles. The summed E-state index contributed by atoms with van der Waals surface area (Å²) in [4.78, 5) is 1.26. The molecule has 0 spiro atoms. The minimum absolute atomic E-state index is 0.0554. The summed E-state index contributed by atoms with van der Waals surface area (Å²) >= 11 is 0. The molecule has 2 rings (SSSR count). The number of anilines is 1. The van der Waals surface area contributed by atoms with Gasteiger partial charge in [-0.1, -0.05) is 0 Å². The molecule has 0 bridgehead atoms. The predicted octanol–water partition coefficient (Wildman–Crippen LogP) is 2.15. The molecule has 2 N–H and O–H groups in total. The molecule has 21 heavy (non-hydrogen) atoms. The Hall–Kier alpha value is -1.28. The lowest BCUT2D eigenvalue weighted by Gasteiger charge is -2.20. The fourth-order valence-electron chi connectivity index (χ4n) is 2.42. The number of halogens is 3. The number of rotatable bonds is 3. The highest BCUT2D eigenvalue weighted by Crippen LogP contribution is 2.32. The maximum Gasteiger partial charge on any atom is 0.501 e. The van der Waals surface area contributed by atoms with Crippen molar-refractivity contribution < 1.29 is 21.6 Å². The van der Waals surface area contributed by atoms with Crippen LogP contribution < -0.4 is 10.6 Å². The van der Waals surface area contributed by atoms with Crippen LogP contribution in [0, 0.1) is 5.92 Å². The van der Waals surface area contributed by atoms with Gasteiger partial charge in [0.1, 0.15) is 0 Å². The average molecular weight is 322 g/mol. The number of benzene rings is 1. The van der Waals surface area contributed by atoms with Crippen molar-refractivity contribution in [2.75, 3.05) is 18.0 Å². The largest absolute Gasteiger partial charge is 0.501 e. The van der Waals surface area contributed by atoms with Crippen LogP contribution in [-0.4, -0.2) is 33.1 Å². The molecule has 4 nitrogen and oxygen atoms in total. The van der Waals surface area contributed by atoms with Crippen LogP contribution in [-0.2, 0) is 9.84 Å². The Morgan fingerprint density at radius 3 is 2.29 bits per heavy atom. The molecule has 1 aliphatic heterocycles. The molecule has 1 saturated heterocycles. The maximum atomic E-state index is 12.4. The van der Waals surface area contributed by atoms with Crippen LogP contribution in [0.25, 0.3) is 0 Å². The van der Waals surface area contributed by atoms with Gasteiger partial charge in [-0.15, -0.1) is 0 Å². The molecule has 2 atom stereocenters. The summed E-state index contributed by atoms with van der Waals surface area (Å²) in [5.41, 5.74) is 1.27. The van der Waals surface area contributed by atoms with E-state index in [0.717, 1.165) is 31.6 Å². The van der Waals surface area contributed by atoms with Crippen LogP contribution in [0.1, 0.15) is 13.3 Å². The third kappa shape index (κ3) is 3.16. The van der Waals surface area contributed by atoms with Crippen LogP contribution >= 0.6 is 0 Å². The fraction of sp³-hybridized carbons (Fsp3) is 0.538. The van der Waals surface area contributed by atoms with Crippen LogP contribution in [0.15, 0.2) is 29.2 Å². The summed E-state index contributed by atoms with van der Waals surface area (Å²) in [6, 6.07) is 4.86. The van der Waals surface area contributed by atoms with Crippen molar-refractivity contribution in [1.29, 1.82) is 0 Å². The van der Waals surface area contributed by atoms with E-state index < -0.39 is 20.2 Å². The second-order valence-corrected chi connectivity index (χ2v) is 7.24. The Bertz CT molecular complexity index is 597.